The average Bonchev–Trinajstić information content (AvgIpc) is 2.66. The molecule has 2 N–H and O–H groups in total. The lowest BCUT2D eigenvalue weighted by molar-refractivity contribution is -0.153. The van der Waals surface area contributed by atoms with Crippen LogP contribution >= 0.6 is 11.6 Å². The maximum atomic E-state index is 12.4. The number of alkyl halides is 3. The van der Waals surface area contributed by atoms with Gasteiger partial charge in [0, 0.05) is 35.8 Å². The number of ether oxygens (including phenoxy) is 1. The molecule has 0 spiro atoms. The monoisotopic (exact) mass is 398 g/mol. The molecular formula is C20H22ClF3N2O. The van der Waals surface area contributed by atoms with Gasteiger partial charge in [0.05, 0.1) is 0 Å². The molecule has 27 heavy (non-hydrogen) atoms. The maximum absolute atomic E-state index is 12.4. The first kappa shape index (κ1) is 20.0. The molecule has 7 heteroatoms. The summed E-state index contributed by atoms with van der Waals surface area (Å²) in [5.41, 5.74) is 1.89. The average molecular weight is 399 g/mol. The van der Waals surface area contributed by atoms with Gasteiger partial charge in [-0.3, -0.25) is 0 Å². The second-order valence-electron chi connectivity index (χ2n) is 6.68. The van der Waals surface area contributed by atoms with Crippen molar-refractivity contribution in [1.82, 2.24) is 10.6 Å². The molecule has 2 aromatic rings. The lowest BCUT2D eigenvalue weighted by Gasteiger charge is -2.31. The first-order chi connectivity index (χ1) is 12.9. The van der Waals surface area contributed by atoms with Crippen molar-refractivity contribution in [3.05, 3.63) is 64.7 Å². The summed E-state index contributed by atoms with van der Waals surface area (Å²) >= 11 is 6.00. The van der Waals surface area contributed by atoms with Crippen LogP contribution in [0.4, 0.5) is 13.2 Å². The first-order valence-electron chi connectivity index (χ1n) is 8.90. The molecule has 1 fully saturated rings. The fourth-order valence-corrected chi connectivity index (χ4v) is 3.44. The van der Waals surface area contributed by atoms with E-state index in [1.54, 1.807) is 6.07 Å². The molecule has 0 bridgehead atoms. The number of hydrogen-bond donors (Lipinski definition) is 2. The van der Waals surface area contributed by atoms with Gasteiger partial charge in [-0.1, -0.05) is 41.9 Å². The van der Waals surface area contributed by atoms with E-state index in [9.17, 15) is 13.2 Å². The molecule has 0 unspecified atom stereocenters. The quantitative estimate of drug-likeness (QED) is 0.728. The number of rotatable bonds is 6. The van der Waals surface area contributed by atoms with Crippen LogP contribution in [-0.2, 0) is 6.54 Å². The molecule has 1 aliphatic heterocycles. The van der Waals surface area contributed by atoms with Gasteiger partial charge in [-0.05, 0) is 36.6 Å². The molecule has 0 aliphatic carbocycles. The van der Waals surface area contributed by atoms with Crippen LogP contribution in [0.15, 0.2) is 48.5 Å². The number of piperidine rings is 1. The fraction of sp³-hybridized carbons (Fsp3) is 0.400. The Hall–Kier alpha value is -1.76. The van der Waals surface area contributed by atoms with Crippen molar-refractivity contribution in [2.45, 2.75) is 37.6 Å². The van der Waals surface area contributed by atoms with Gasteiger partial charge in [0.2, 0.25) is 0 Å². The van der Waals surface area contributed by atoms with Crippen molar-refractivity contribution in [3.8, 4) is 5.75 Å². The van der Waals surface area contributed by atoms with E-state index in [1.807, 2.05) is 18.2 Å². The number of nitrogens with one attached hydrogen (secondary N) is 2. The van der Waals surface area contributed by atoms with Crippen LogP contribution in [-0.4, -0.2) is 25.4 Å². The van der Waals surface area contributed by atoms with Crippen molar-refractivity contribution < 1.29 is 17.9 Å². The minimum absolute atomic E-state index is 0.204. The summed E-state index contributed by atoms with van der Waals surface area (Å²) in [6, 6.07) is 15.5. The molecule has 1 saturated heterocycles. The molecule has 2 aromatic carbocycles. The Morgan fingerprint density at radius 2 is 1.89 bits per heavy atom. The second-order valence-corrected chi connectivity index (χ2v) is 7.12. The molecule has 0 amide bonds. The lowest BCUT2D eigenvalue weighted by atomic mass is 9.95. The third kappa shape index (κ3) is 6.13. The van der Waals surface area contributed by atoms with Gasteiger partial charge in [0.1, 0.15) is 5.75 Å². The summed E-state index contributed by atoms with van der Waals surface area (Å²) in [5, 5.41) is 7.39. The SMILES string of the molecule is FC(F)(F)COc1ccc(Cl)cc1CN[C@H]1CC[C@@H](c2ccccc2)NC1. The van der Waals surface area contributed by atoms with Crippen LogP contribution in [0.1, 0.15) is 30.0 Å². The molecule has 0 aromatic heterocycles. The summed E-state index contributed by atoms with van der Waals surface area (Å²) in [6.45, 7) is -0.125. The van der Waals surface area contributed by atoms with E-state index in [1.165, 1.54) is 17.7 Å². The zero-order chi connectivity index (χ0) is 19.3. The van der Waals surface area contributed by atoms with Crippen molar-refractivity contribution >= 4 is 11.6 Å². The van der Waals surface area contributed by atoms with Crippen LogP contribution in [0.25, 0.3) is 0 Å². The summed E-state index contributed by atoms with van der Waals surface area (Å²) in [6.07, 6.45) is -2.40. The van der Waals surface area contributed by atoms with Crippen LogP contribution in [0.5, 0.6) is 5.75 Å². The maximum Gasteiger partial charge on any atom is 0.422 e. The molecule has 0 radical (unpaired) electrons. The highest BCUT2D eigenvalue weighted by Crippen LogP contribution is 2.27. The predicted molar refractivity (Wildman–Crippen MR) is 100 cm³/mol. The Morgan fingerprint density at radius 3 is 2.56 bits per heavy atom. The normalized spacial score (nSPS) is 20.4. The molecule has 146 valence electrons. The van der Waals surface area contributed by atoms with Gasteiger partial charge in [-0.25, -0.2) is 0 Å². The Kier molecular flexibility index (Phi) is 6.63. The Bertz CT molecular complexity index is 732. The Morgan fingerprint density at radius 1 is 1.11 bits per heavy atom. The first-order valence-corrected chi connectivity index (χ1v) is 9.28. The molecule has 0 saturated carbocycles. The van der Waals surface area contributed by atoms with Crippen molar-refractivity contribution in [2.75, 3.05) is 13.2 Å². The van der Waals surface area contributed by atoms with E-state index < -0.39 is 12.8 Å². The number of halogens is 4. The van der Waals surface area contributed by atoms with Crippen molar-refractivity contribution in [2.24, 2.45) is 0 Å². The zero-order valence-corrected chi connectivity index (χ0v) is 15.5. The zero-order valence-electron chi connectivity index (χ0n) is 14.7. The van der Waals surface area contributed by atoms with Crippen LogP contribution < -0.4 is 15.4 Å². The highest BCUT2D eigenvalue weighted by Gasteiger charge is 2.29. The third-order valence-electron chi connectivity index (χ3n) is 4.61. The Balaban J connectivity index is 1.54. The highest BCUT2D eigenvalue weighted by atomic mass is 35.5. The second kappa shape index (κ2) is 8.95. The molecule has 2 atom stereocenters. The van der Waals surface area contributed by atoms with Gasteiger partial charge >= 0.3 is 6.18 Å². The number of hydrogen-bond acceptors (Lipinski definition) is 3. The van der Waals surface area contributed by atoms with Gasteiger partial charge in [-0.15, -0.1) is 0 Å². The molecule has 3 rings (SSSR count). The highest BCUT2D eigenvalue weighted by molar-refractivity contribution is 6.30. The molecular weight excluding hydrogens is 377 g/mol. The molecule has 3 nitrogen and oxygen atoms in total. The van der Waals surface area contributed by atoms with E-state index in [0.717, 1.165) is 19.4 Å². The topological polar surface area (TPSA) is 33.3 Å². The summed E-state index contributed by atoms with van der Waals surface area (Å²) in [5.74, 6) is 0.204. The van der Waals surface area contributed by atoms with E-state index >= 15 is 0 Å². The molecule has 1 aliphatic rings. The van der Waals surface area contributed by atoms with Gasteiger partial charge in [-0.2, -0.15) is 13.2 Å². The minimum atomic E-state index is -4.37. The van der Waals surface area contributed by atoms with Gasteiger partial charge in [0.25, 0.3) is 0 Å². The summed E-state index contributed by atoms with van der Waals surface area (Å²) in [7, 11) is 0. The van der Waals surface area contributed by atoms with Gasteiger partial charge < -0.3 is 15.4 Å². The minimum Gasteiger partial charge on any atom is -0.484 e. The largest absolute Gasteiger partial charge is 0.484 e. The van der Waals surface area contributed by atoms with Crippen LogP contribution in [0, 0.1) is 0 Å². The fourth-order valence-electron chi connectivity index (χ4n) is 3.24. The van der Waals surface area contributed by atoms with Crippen molar-refractivity contribution in [1.29, 1.82) is 0 Å². The predicted octanol–water partition coefficient (Wildman–Crippen LogP) is 4.86. The number of benzene rings is 2. The lowest BCUT2D eigenvalue weighted by Crippen LogP contribution is -2.44. The Labute approximate surface area is 161 Å². The van der Waals surface area contributed by atoms with Crippen molar-refractivity contribution in [3.63, 3.8) is 0 Å². The van der Waals surface area contributed by atoms with E-state index in [4.69, 9.17) is 16.3 Å². The standard InChI is InChI=1S/C20H22ClF3N2O/c21-16-6-9-19(27-13-20(22,23)24)15(10-16)11-25-17-7-8-18(26-12-17)14-4-2-1-3-5-14/h1-6,9-10,17-18,25-26H,7-8,11-13H2/t17-,18-/m0/s1. The van der Waals surface area contributed by atoms with E-state index in [-0.39, 0.29) is 11.8 Å². The van der Waals surface area contributed by atoms with E-state index in [0.29, 0.717) is 23.2 Å². The van der Waals surface area contributed by atoms with E-state index in [2.05, 4.69) is 22.8 Å². The van der Waals surface area contributed by atoms with Gasteiger partial charge in [0.15, 0.2) is 6.61 Å². The smallest absolute Gasteiger partial charge is 0.422 e. The summed E-state index contributed by atoms with van der Waals surface area (Å²) in [4.78, 5) is 0. The summed E-state index contributed by atoms with van der Waals surface area (Å²) < 4.78 is 42.2. The van der Waals surface area contributed by atoms with Crippen LogP contribution in [0.2, 0.25) is 5.02 Å². The third-order valence-corrected chi connectivity index (χ3v) is 4.85. The van der Waals surface area contributed by atoms with Crippen LogP contribution in [0.3, 0.4) is 0 Å². The molecule has 1 heterocycles.